The molecule has 2 nitrogen and oxygen atoms in total. The molecule has 86 valence electrons. The van der Waals surface area contributed by atoms with Crippen LogP contribution in [0, 0.1) is 6.92 Å². The van der Waals surface area contributed by atoms with Crippen molar-refractivity contribution in [2.24, 2.45) is 0 Å². The van der Waals surface area contributed by atoms with Gasteiger partial charge in [0.25, 0.3) is 0 Å². The number of nitrogens with zero attached hydrogens (tertiary/aromatic N) is 1. The van der Waals surface area contributed by atoms with Gasteiger partial charge in [0, 0.05) is 24.3 Å². The zero-order valence-electron chi connectivity index (χ0n) is 10.1. The maximum atomic E-state index is 3.78. The van der Waals surface area contributed by atoms with E-state index in [0.29, 0.717) is 0 Å². The molecule has 0 aliphatic carbocycles. The van der Waals surface area contributed by atoms with Crippen molar-refractivity contribution in [1.82, 2.24) is 9.97 Å². The van der Waals surface area contributed by atoms with Gasteiger partial charge in [-0.25, -0.2) is 0 Å². The molecule has 1 N–H and O–H groups in total. The number of H-pyrrole nitrogens is 1. The van der Waals surface area contributed by atoms with E-state index in [0.717, 1.165) is 0 Å². The van der Waals surface area contributed by atoms with Crippen molar-refractivity contribution < 1.29 is 0 Å². The third-order valence-electron chi connectivity index (χ3n) is 2.41. The third kappa shape index (κ3) is 4.78. The molecule has 0 bridgehead atoms. The minimum atomic E-state index is 1.20. The van der Waals surface area contributed by atoms with E-state index in [1.165, 1.54) is 30.5 Å². The van der Waals surface area contributed by atoms with Gasteiger partial charge in [-0.2, -0.15) is 0 Å². The Labute approximate surface area is 97.7 Å². The van der Waals surface area contributed by atoms with E-state index in [1.807, 2.05) is 24.4 Å². The van der Waals surface area contributed by atoms with Gasteiger partial charge in [0.15, 0.2) is 0 Å². The largest absolute Gasteiger partial charge is 0.365 e. The third-order valence-corrected chi connectivity index (χ3v) is 2.41. The predicted molar refractivity (Wildman–Crippen MR) is 68.4 cm³/mol. The summed E-state index contributed by atoms with van der Waals surface area (Å²) >= 11 is 0. The molecule has 0 unspecified atom stereocenters. The van der Waals surface area contributed by atoms with Gasteiger partial charge in [0.2, 0.25) is 0 Å². The van der Waals surface area contributed by atoms with Crippen LogP contribution in [-0.4, -0.2) is 9.97 Å². The predicted octanol–water partition coefficient (Wildman–Crippen LogP) is 3.75. The highest BCUT2D eigenvalue weighted by atomic mass is 14.7. The molecule has 0 spiro atoms. The van der Waals surface area contributed by atoms with Crippen molar-refractivity contribution in [3.05, 3.63) is 54.1 Å². The van der Waals surface area contributed by atoms with E-state index < -0.39 is 0 Å². The molecule has 0 aromatic carbocycles. The highest BCUT2D eigenvalue weighted by molar-refractivity contribution is 5.18. The second-order valence-corrected chi connectivity index (χ2v) is 3.77. The highest BCUT2D eigenvalue weighted by Crippen LogP contribution is 2.07. The van der Waals surface area contributed by atoms with Crippen LogP contribution in [0.2, 0.25) is 0 Å². The summed E-state index contributed by atoms with van der Waals surface area (Å²) in [4.78, 5) is 7.02. The van der Waals surface area contributed by atoms with Crippen LogP contribution in [0.1, 0.15) is 31.0 Å². The monoisotopic (exact) mass is 216 g/mol. The maximum Gasteiger partial charge on any atom is 0.0267 e. The molecular formula is C14H20N2. The fourth-order valence-corrected chi connectivity index (χ4v) is 1.42. The average Bonchev–Trinajstić information content (AvgIpc) is 2.75. The topological polar surface area (TPSA) is 28.7 Å². The summed E-state index contributed by atoms with van der Waals surface area (Å²) < 4.78 is 0. The normalized spacial score (nSPS) is 9.38. The Morgan fingerprint density at radius 2 is 1.94 bits per heavy atom. The summed E-state index contributed by atoms with van der Waals surface area (Å²) in [6, 6.07) is 7.85. The Balaban J connectivity index is 0.000000181. The van der Waals surface area contributed by atoms with E-state index in [2.05, 4.69) is 29.9 Å². The molecule has 2 aromatic rings. The minimum absolute atomic E-state index is 1.20. The van der Waals surface area contributed by atoms with Gasteiger partial charge in [-0.1, -0.05) is 19.4 Å². The van der Waals surface area contributed by atoms with E-state index in [1.54, 1.807) is 12.4 Å². The molecule has 2 heterocycles. The molecule has 2 heteroatoms. The molecule has 0 amide bonds. The van der Waals surface area contributed by atoms with Crippen LogP contribution < -0.4 is 0 Å². The van der Waals surface area contributed by atoms with E-state index in [9.17, 15) is 0 Å². The van der Waals surface area contributed by atoms with Crippen LogP contribution in [0.3, 0.4) is 0 Å². The molecular weight excluding hydrogens is 196 g/mol. The summed E-state index contributed by atoms with van der Waals surface area (Å²) in [5, 5.41) is 0. The fraction of sp³-hybridized carbons (Fsp3) is 0.357. The lowest BCUT2D eigenvalue weighted by molar-refractivity contribution is 0.777. The van der Waals surface area contributed by atoms with Crippen LogP contribution in [-0.2, 0) is 6.42 Å². The van der Waals surface area contributed by atoms with Crippen LogP contribution in [0.25, 0.3) is 0 Å². The lowest BCUT2D eigenvalue weighted by Gasteiger charge is -1.96. The molecule has 0 aliphatic rings. The molecule has 16 heavy (non-hydrogen) atoms. The van der Waals surface area contributed by atoms with Gasteiger partial charge in [0.1, 0.15) is 0 Å². The van der Waals surface area contributed by atoms with Gasteiger partial charge < -0.3 is 4.98 Å². The van der Waals surface area contributed by atoms with Crippen molar-refractivity contribution >= 4 is 0 Å². The minimum Gasteiger partial charge on any atom is -0.365 e. The highest BCUT2D eigenvalue weighted by Gasteiger charge is 1.95. The van der Waals surface area contributed by atoms with Crippen molar-refractivity contribution in [3.63, 3.8) is 0 Å². The Kier molecular flexibility index (Phi) is 6.00. The number of pyridine rings is 1. The molecule has 0 radical (unpaired) electrons. The summed E-state index contributed by atoms with van der Waals surface area (Å²) in [5.41, 5.74) is 2.80. The first-order valence-electron chi connectivity index (χ1n) is 5.82. The van der Waals surface area contributed by atoms with Gasteiger partial charge in [-0.3, -0.25) is 4.98 Å². The number of nitrogens with one attached hydrogen (secondary N) is 1. The first-order chi connectivity index (χ1) is 7.84. The first kappa shape index (κ1) is 12.5. The number of hydrogen-bond acceptors (Lipinski definition) is 1. The second kappa shape index (κ2) is 7.69. The van der Waals surface area contributed by atoms with Crippen molar-refractivity contribution in [2.45, 2.75) is 33.1 Å². The van der Waals surface area contributed by atoms with Crippen molar-refractivity contribution in [1.29, 1.82) is 0 Å². The summed E-state index contributed by atoms with van der Waals surface area (Å²) in [5.74, 6) is 0. The van der Waals surface area contributed by atoms with E-state index in [4.69, 9.17) is 0 Å². The lowest BCUT2D eigenvalue weighted by atomic mass is 10.1. The van der Waals surface area contributed by atoms with Crippen LogP contribution in [0.15, 0.2) is 42.9 Å². The maximum absolute atomic E-state index is 3.78. The zero-order chi connectivity index (χ0) is 11.6. The molecule has 0 atom stereocenters. The molecule has 0 fully saturated rings. The van der Waals surface area contributed by atoms with Crippen LogP contribution >= 0.6 is 0 Å². The molecule has 0 aliphatic heterocycles. The number of unbranched alkanes of at least 4 members (excludes halogenated alkanes) is 1. The van der Waals surface area contributed by atoms with Gasteiger partial charge in [0.05, 0.1) is 0 Å². The number of aromatic nitrogens is 2. The average molecular weight is 216 g/mol. The lowest BCUT2D eigenvalue weighted by Crippen LogP contribution is -1.86. The number of aryl methyl sites for hydroxylation is 2. The Bertz CT molecular complexity index is 339. The molecule has 2 aromatic heterocycles. The summed E-state index contributed by atoms with van der Waals surface area (Å²) in [7, 11) is 0. The quantitative estimate of drug-likeness (QED) is 0.831. The number of aromatic amines is 1. The smallest absolute Gasteiger partial charge is 0.0267 e. The Hall–Kier alpha value is -1.57. The fourth-order valence-electron chi connectivity index (χ4n) is 1.42. The Morgan fingerprint density at radius 3 is 2.31 bits per heavy atom. The summed E-state index contributed by atoms with van der Waals surface area (Å²) in [6.45, 7) is 4.37. The number of hydrogen-bond donors (Lipinski definition) is 1. The van der Waals surface area contributed by atoms with E-state index >= 15 is 0 Å². The van der Waals surface area contributed by atoms with Crippen LogP contribution in [0.5, 0.6) is 0 Å². The second-order valence-electron chi connectivity index (χ2n) is 3.77. The van der Waals surface area contributed by atoms with Gasteiger partial charge in [-0.05, 0) is 43.5 Å². The van der Waals surface area contributed by atoms with Crippen LogP contribution in [0.4, 0.5) is 0 Å². The molecule has 0 saturated heterocycles. The number of rotatable bonds is 3. The van der Waals surface area contributed by atoms with Gasteiger partial charge >= 0.3 is 0 Å². The molecule has 2 rings (SSSR count). The SMILES string of the molecule is CCCCc1[nH]ccc1C.c1ccncc1. The van der Waals surface area contributed by atoms with E-state index in [-0.39, 0.29) is 0 Å². The van der Waals surface area contributed by atoms with Crippen molar-refractivity contribution in [3.8, 4) is 0 Å². The Morgan fingerprint density at radius 1 is 1.19 bits per heavy atom. The zero-order valence-corrected chi connectivity index (χ0v) is 10.1. The van der Waals surface area contributed by atoms with Crippen molar-refractivity contribution in [2.75, 3.05) is 0 Å². The summed E-state index contributed by atoms with van der Waals surface area (Å²) in [6.07, 6.45) is 9.29. The standard InChI is InChI=1S/C9H15N.C5H5N/c1-3-4-5-9-8(2)6-7-10-9;1-2-4-6-5-3-1/h6-7,10H,3-5H2,1-2H3;1-5H. The first-order valence-corrected chi connectivity index (χ1v) is 5.82. The molecule has 0 saturated carbocycles. The van der Waals surface area contributed by atoms with Gasteiger partial charge in [-0.15, -0.1) is 0 Å².